The average molecular weight is 301 g/mol. The Kier molecular flexibility index (Phi) is 5.30. The Labute approximate surface area is 129 Å². The molecule has 2 rings (SSSR count). The molecule has 0 spiro atoms. The Morgan fingerprint density at radius 1 is 1.23 bits per heavy atom. The predicted molar refractivity (Wildman–Crippen MR) is 83.2 cm³/mol. The number of amides is 1. The minimum Gasteiger partial charge on any atom is -0.497 e. The van der Waals surface area contributed by atoms with Gasteiger partial charge in [-0.1, -0.05) is 13.0 Å². The van der Waals surface area contributed by atoms with Gasteiger partial charge in [0, 0.05) is 24.9 Å². The lowest BCUT2D eigenvalue weighted by Gasteiger charge is -2.16. The molecular weight excluding hydrogens is 282 g/mol. The summed E-state index contributed by atoms with van der Waals surface area (Å²) in [5.74, 6) is 1.58. The molecule has 22 heavy (non-hydrogen) atoms. The molecule has 1 atom stereocenters. The molecule has 1 N–H and O–H groups in total. The number of hydrogen-bond acceptors (Lipinski definition) is 5. The lowest BCUT2D eigenvalue weighted by Crippen LogP contribution is -2.16. The van der Waals surface area contributed by atoms with Crippen LogP contribution in [0.2, 0.25) is 0 Å². The van der Waals surface area contributed by atoms with Crippen molar-refractivity contribution in [2.75, 3.05) is 19.5 Å². The van der Waals surface area contributed by atoms with Crippen molar-refractivity contribution in [3.8, 4) is 11.5 Å². The van der Waals surface area contributed by atoms with E-state index in [0.29, 0.717) is 18.1 Å². The molecule has 1 heterocycles. The van der Waals surface area contributed by atoms with E-state index in [1.165, 1.54) is 0 Å². The molecule has 0 saturated carbocycles. The van der Waals surface area contributed by atoms with Gasteiger partial charge in [-0.25, -0.2) is 9.97 Å². The number of nitrogens with zero attached hydrogens (tertiary/aromatic N) is 2. The van der Waals surface area contributed by atoms with Gasteiger partial charge in [0.2, 0.25) is 11.9 Å². The normalized spacial score (nSPS) is 11.6. The minimum atomic E-state index is -0.142. The lowest BCUT2D eigenvalue weighted by atomic mass is 9.96. The predicted octanol–water partition coefficient (Wildman–Crippen LogP) is 2.63. The van der Waals surface area contributed by atoms with E-state index in [0.717, 1.165) is 11.3 Å². The summed E-state index contributed by atoms with van der Waals surface area (Å²) >= 11 is 0. The second kappa shape index (κ2) is 7.40. The number of anilines is 1. The number of nitrogens with one attached hydrogen (secondary N) is 1. The number of hydrogen-bond donors (Lipinski definition) is 1. The van der Waals surface area contributed by atoms with Crippen molar-refractivity contribution in [1.29, 1.82) is 0 Å². The fourth-order valence-electron chi connectivity index (χ4n) is 2.15. The molecule has 0 radical (unpaired) electrons. The van der Waals surface area contributed by atoms with Gasteiger partial charge in [-0.05, 0) is 23.6 Å². The first-order chi connectivity index (χ1) is 10.6. The first kappa shape index (κ1) is 15.8. The third-order valence-corrected chi connectivity index (χ3v) is 3.28. The van der Waals surface area contributed by atoms with Gasteiger partial charge < -0.3 is 9.47 Å². The lowest BCUT2D eigenvalue weighted by molar-refractivity contribution is -0.116. The molecule has 1 aromatic carbocycles. The summed E-state index contributed by atoms with van der Waals surface area (Å²) in [4.78, 5) is 20.0. The molecule has 6 nitrogen and oxygen atoms in total. The number of carbonyl (C=O) groups excluding carboxylic acids is 1. The Balaban J connectivity index is 2.05. The van der Waals surface area contributed by atoms with Crippen molar-refractivity contribution >= 4 is 11.9 Å². The van der Waals surface area contributed by atoms with Crippen LogP contribution in [0.3, 0.4) is 0 Å². The van der Waals surface area contributed by atoms with E-state index in [1.807, 2.05) is 25.1 Å². The van der Waals surface area contributed by atoms with Gasteiger partial charge >= 0.3 is 0 Å². The summed E-state index contributed by atoms with van der Waals surface area (Å²) < 4.78 is 10.5. The molecule has 2 aromatic rings. The van der Waals surface area contributed by atoms with Crippen molar-refractivity contribution in [1.82, 2.24) is 9.97 Å². The number of ether oxygens (including phenoxy) is 2. The first-order valence-corrected chi connectivity index (χ1v) is 6.93. The fourth-order valence-corrected chi connectivity index (χ4v) is 2.15. The summed E-state index contributed by atoms with van der Waals surface area (Å²) in [6.45, 7) is 1.97. The maximum Gasteiger partial charge on any atom is 0.229 e. The second-order valence-corrected chi connectivity index (χ2v) is 4.83. The van der Waals surface area contributed by atoms with Crippen LogP contribution in [0.4, 0.5) is 5.95 Å². The Hall–Kier alpha value is -2.63. The maximum atomic E-state index is 12.1. The van der Waals surface area contributed by atoms with E-state index < -0.39 is 0 Å². The van der Waals surface area contributed by atoms with Crippen molar-refractivity contribution in [2.45, 2.75) is 19.3 Å². The molecule has 1 unspecified atom stereocenters. The van der Waals surface area contributed by atoms with E-state index in [-0.39, 0.29) is 11.8 Å². The van der Waals surface area contributed by atoms with Crippen LogP contribution < -0.4 is 14.8 Å². The zero-order valence-corrected chi connectivity index (χ0v) is 12.9. The van der Waals surface area contributed by atoms with Crippen LogP contribution in [0, 0.1) is 0 Å². The highest BCUT2D eigenvalue weighted by Gasteiger charge is 2.16. The van der Waals surface area contributed by atoms with Gasteiger partial charge in [-0.2, -0.15) is 0 Å². The van der Waals surface area contributed by atoms with Gasteiger partial charge in [0.05, 0.1) is 14.2 Å². The summed E-state index contributed by atoms with van der Waals surface area (Å²) in [7, 11) is 3.20. The third-order valence-electron chi connectivity index (χ3n) is 3.28. The minimum absolute atomic E-state index is 0.00966. The summed E-state index contributed by atoms with van der Waals surface area (Å²) in [6.07, 6.45) is 3.47. The highest BCUT2D eigenvalue weighted by molar-refractivity contribution is 5.89. The van der Waals surface area contributed by atoms with Crippen LogP contribution in [0.25, 0.3) is 0 Å². The van der Waals surface area contributed by atoms with E-state index >= 15 is 0 Å². The van der Waals surface area contributed by atoms with E-state index in [4.69, 9.17) is 9.47 Å². The summed E-state index contributed by atoms with van der Waals surface area (Å²) in [5, 5.41) is 2.68. The number of carbonyl (C=O) groups is 1. The Bertz CT molecular complexity index is 632. The van der Waals surface area contributed by atoms with Crippen molar-refractivity contribution in [3.05, 3.63) is 42.2 Å². The maximum absolute atomic E-state index is 12.1. The SMILES string of the molecule is COc1ccc(C(C)CC(=O)Nc2ncccn2)c(OC)c1. The molecule has 0 aliphatic heterocycles. The molecule has 0 fully saturated rings. The third kappa shape index (κ3) is 3.94. The second-order valence-electron chi connectivity index (χ2n) is 4.83. The molecule has 0 aliphatic carbocycles. The van der Waals surface area contributed by atoms with Crippen LogP contribution in [-0.2, 0) is 4.79 Å². The van der Waals surface area contributed by atoms with Crippen LogP contribution in [0.1, 0.15) is 24.8 Å². The molecule has 1 amide bonds. The Morgan fingerprint density at radius 2 is 1.95 bits per heavy atom. The Morgan fingerprint density at radius 3 is 2.59 bits per heavy atom. The number of aromatic nitrogens is 2. The smallest absolute Gasteiger partial charge is 0.229 e. The zero-order chi connectivity index (χ0) is 15.9. The van der Waals surface area contributed by atoms with Crippen LogP contribution in [0.5, 0.6) is 11.5 Å². The van der Waals surface area contributed by atoms with Crippen LogP contribution in [-0.4, -0.2) is 30.1 Å². The van der Waals surface area contributed by atoms with Crippen molar-refractivity contribution < 1.29 is 14.3 Å². The summed E-state index contributed by atoms with van der Waals surface area (Å²) in [5.41, 5.74) is 0.951. The molecule has 116 valence electrons. The van der Waals surface area contributed by atoms with Crippen molar-refractivity contribution in [2.24, 2.45) is 0 Å². The largest absolute Gasteiger partial charge is 0.497 e. The van der Waals surface area contributed by atoms with E-state index in [9.17, 15) is 4.79 Å². The quantitative estimate of drug-likeness (QED) is 0.888. The average Bonchev–Trinajstić information content (AvgIpc) is 2.54. The molecule has 0 aliphatic rings. The highest BCUT2D eigenvalue weighted by atomic mass is 16.5. The van der Waals surface area contributed by atoms with Gasteiger partial charge in [-0.3, -0.25) is 10.1 Å². The number of rotatable bonds is 6. The number of benzene rings is 1. The monoisotopic (exact) mass is 301 g/mol. The summed E-state index contributed by atoms with van der Waals surface area (Å²) in [6, 6.07) is 7.27. The first-order valence-electron chi connectivity index (χ1n) is 6.93. The van der Waals surface area contributed by atoms with E-state index in [2.05, 4.69) is 15.3 Å². The topological polar surface area (TPSA) is 73.3 Å². The van der Waals surface area contributed by atoms with Crippen LogP contribution >= 0.6 is 0 Å². The van der Waals surface area contributed by atoms with E-state index in [1.54, 1.807) is 32.7 Å². The highest BCUT2D eigenvalue weighted by Crippen LogP contribution is 2.32. The molecule has 1 aromatic heterocycles. The molecule has 0 saturated heterocycles. The molecule has 0 bridgehead atoms. The number of methoxy groups -OCH3 is 2. The molecular formula is C16H19N3O3. The van der Waals surface area contributed by atoms with Gasteiger partial charge in [-0.15, -0.1) is 0 Å². The van der Waals surface area contributed by atoms with Gasteiger partial charge in [0.25, 0.3) is 0 Å². The van der Waals surface area contributed by atoms with Crippen LogP contribution in [0.15, 0.2) is 36.7 Å². The standard InChI is InChI=1S/C16H19N3O3/c1-11(9-15(20)19-16-17-7-4-8-18-16)13-6-5-12(21-2)10-14(13)22-3/h4-8,10-11H,9H2,1-3H3,(H,17,18,19,20). The van der Waals surface area contributed by atoms with Gasteiger partial charge in [0.15, 0.2) is 0 Å². The van der Waals surface area contributed by atoms with Crippen molar-refractivity contribution in [3.63, 3.8) is 0 Å². The molecule has 6 heteroatoms. The fraction of sp³-hybridized carbons (Fsp3) is 0.312. The zero-order valence-electron chi connectivity index (χ0n) is 12.9. The van der Waals surface area contributed by atoms with Gasteiger partial charge in [0.1, 0.15) is 11.5 Å².